The first-order valence-electron chi connectivity index (χ1n) is 7.47. The third kappa shape index (κ3) is 3.33. The van der Waals surface area contributed by atoms with E-state index < -0.39 is 0 Å². The van der Waals surface area contributed by atoms with Crippen LogP contribution in [0.25, 0.3) is 22.4 Å². The number of rotatable bonds is 5. The molecule has 4 rings (SSSR count). The summed E-state index contributed by atoms with van der Waals surface area (Å²) in [4.78, 5) is 12.2. The van der Waals surface area contributed by atoms with Gasteiger partial charge in [-0.2, -0.15) is 4.98 Å². The fourth-order valence-electron chi connectivity index (χ4n) is 2.41. The molecule has 0 saturated heterocycles. The maximum atomic E-state index is 5.99. The van der Waals surface area contributed by atoms with E-state index in [9.17, 15) is 0 Å². The molecule has 0 spiro atoms. The van der Waals surface area contributed by atoms with Gasteiger partial charge in [0.2, 0.25) is 11.7 Å². The summed E-state index contributed by atoms with van der Waals surface area (Å²) in [5, 5.41) is 5.48. The van der Waals surface area contributed by atoms with Crippen LogP contribution in [-0.4, -0.2) is 27.2 Å². The quantitative estimate of drug-likeness (QED) is 0.517. The minimum absolute atomic E-state index is 0.504. The molecule has 0 aliphatic heterocycles. The summed E-state index contributed by atoms with van der Waals surface area (Å²) in [5.41, 5.74) is 2.56. The van der Waals surface area contributed by atoms with Crippen molar-refractivity contribution in [1.29, 1.82) is 0 Å². The molecular formula is C17H13ClN4O2S. The van der Waals surface area contributed by atoms with Crippen LogP contribution in [0.1, 0.15) is 5.89 Å². The van der Waals surface area contributed by atoms with E-state index in [4.69, 9.17) is 20.9 Å². The number of nitrogens with one attached hydrogen (secondary N) is 1. The number of H-pyrrole nitrogens is 1. The van der Waals surface area contributed by atoms with Crippen LogP contribution >= 0.6 is 23.4 Å². The van der Waals surface area contributed by atoms with Gasteiger partial charge in [-0.25, -0.2) is 4.98 Å². The number of aromatic amines is 1. The number of thioether (sulfide) groups is 1. The number of halogens is 1. The Morgan fingerprint density at radius 3 is 2.96 bits per heavy atom. The molecular weight excluding hydrogens is 360 g/mol. The van der Waals surface area contributed by atoms with Crippen molar-refractivity contribution >= 4 is 34.4 Å². The van der Waals surface area contributed by atoms with Crippen LogP contribution in [0.3, 0.4) is 0 Å². The van der Waals surface area contributed by atoms with Gasteiger partial charge in [-0.05, 0) is 30.3 Å². The molecule has 126 valence electrons. The van der Waals surface area contributed by atoms with Crippen molar-refractivity contribution < 1.29 is 9.26 Å². The Labute approximate surface area is 152 Å². The minimum Gasteiger partial charge on any atom is -0.496 e. The zero-order chi connectivity index (χ0) is 17.2. The zero-order valence-electron chi connectivity index (χ0n) is 13.2. The van der Waals surface area contributed by atoms with E-state index >= 15 is 0 Å². The molecule has 2 heterocycles. The summed E-state index contributed by atoms with van der Waals surface area (Å²) in [6.45, 7) is 0. The lowest BCUT2D eigenvalue weighted by molar-refractivity contribution is 0.390. The second-order valence-electron chi connectivity index (χ2n) is 5.20. The first-order valence-corrected chi connectivity index (χ1v) is 8.83. The van der Waals surface area contributed by atoms with Gasteiger partial charge in [0, 0.05) is 5.02 Å². The molecule has 6 nitrogen and oxygen atoms in total. The van der Waals surface area contributed by atoms with Crippen LogP contribution in [0.5, 0.6) is 5.75 Å². The van der Waals surface area contributed by atoms with Gasteiger partial charge in [0.25, 0.3) is 0 Å². The third-order valence-electron chi connectivity index (χ3n) is 3.57. The van der Waals surface area contributed by atoms with Gasteiger partial charge in [-0.1, -0.05) is 40.7 Å². The Morgan fingerprint density at radius 2 is 2.08 bits per heavy atom. The van der Waals surface area contributed by atoms with Crippen molar-refractivity contribution in [1.82, 2.24) is 20.1 Å². The summed E-state index contributed by atoms with van der Waals surface area (Å²) < 4.78 is 10.7. The van der Waals surface area contributed by atoms with E-state index in [1.54, 1.807) is 7.11 Å². The lowest BCUT2D eigenvalue weighted by Gasteiger charge is -2.02. The molecule has 8 heteroatoms. The first-order chi connectivity index (χ1) is 12.2. The molecule has 25 heavy (non-hydrogen) atoms. The average molecular weight is 373 g/mol. The van der Waals surface area contributed by atoms with Gasteiger partial charge in [0.1, 0.15) is 5.75 Å². The number of hydrogen-bond acceptors (Lipinski definition) is 6. The monoisotopic (exact) mass is 372 g/mol. The summed E-state index contributed by atoms with van der Waals surface area (Å²) in [6, 6.07) is 13.1. The van der Waals surface area contributed by atoms with Gasteiger partial charge in [0.05, 0.1) is 29.5 Å². The Balaban J connectivity index is 1.51. The number of benzene rings is 2. The van der Waals surface area contributed by atoms with Gasteiger partial charge >= 0.3 is 0 Å². The molecule has 0 fully saturated rings. The highest BCUT2D eigenvalue weighted by molar-refractivity contribution is 7.98. The highest BCUT2D eigenvalue weighted by atomic mass is 35.5. The number of nitrogens with zero attached hydrogens (tertiary/aromatic N) is 3. The van der Waals surface area contributed by atoms with Gasteiger partial charge in [-0.3, -0.25) is 0 Å². The lowest BCUT2D eigenvalue weighted by Crippen LogP contribution is -1.89. The van der Waals surface area contributed by atoms with Crippen LogP contribution < -0.4 is 4.74 Å². The van der Waals surface area contributed by atoms with Gasteiger partial charge < -0.3 is 14.2 Å². The molecule has 1 N–H and O–H groups in total. The van der Waals surface area contributed by atoms with Crippen LogP contribution in [0.4, 0.5) is 0 Å². The number of imidazole rings is 1. The van der Waals surface area contributed by atoms with Crippen molar-refractivity contribution in [3.8, 4) is 17.1 Å². The molecule has 0 radical (unpaired) electrons. The van der Waals surface area contributed by atoms with E-state index in [-0.39, 0.29) is 0 Å². The molecule has 2 aromatic heterocycles. The van der Waals surface area contributed by atoms with Crippen molar-refractivity contribution in [3.05, 3.63) is 53.4 Å². The minimum atomic E-state index is 0.504. The Morgan fingerprint density at radius 1 is 1.20 bits per heavy atom. The zero-order valence-corrected chi connectivity index (χ0v) is 14.8. The molecule has 0 bridgehead atoms. The predicted octanol–water partition coefficient (Wildman–Crippen LogP) is 4.57. The maximum Gasteiger partial charge on any atom is 0.237 e. The number of hydrogen-bond donors (Lipinski definition) is 1. The van der Waals surface area contributed by atoms with E-state index in [0.717, 1.165) is 21.8 Å². The number of methoxy groups -OCH3 is 1. The van der Waals surface area contributed by atoms with E-state index in [1.165, 1.54) is 11.8 Å². The summed E-state index contributed by atoms with van der Waals surface area (Å²) in [5.74, 6) is 2.24. The highest BCUT2D eigenvalue weighted by Gasteiger charge is 2.13. The smallest absolute Gasteiger partial charge is 0.237 e. The third-order valence-corrected chi connectivity index (χ3v) is 4.66. The van der Waals surface area contributed by atoms with Gasteiger partial charge in [-0.15, -0.1) is 0 Å². The van der Waals surface area contributed by atoms with E-state index in [1.807, 2.05) is 42.5 Å². The predicted molar refractivity (Wildman–Crippen MR) is 97.0 cm³/mol. The molecule has 4 aromatic rings. The molecule has 2 aromatic carbocycles. The maximum absolute atomic E-state index is 5.99. The molecule has 0 unspecified atom stereocenters. The first kappa shape index (κ1) is 16.0. The lowest BCUT2D eigenvalue weighted by atomic mass is 10.2. The van der Waals surface area contributed by atoms with Crippen LogP contribution in [0.15, 0.2) is 52.1 Å². The topological polar surface area (TPSA) is 76.8 Å². The number of ether oxygens (including phenoxy) is 1. The van der Waals surface area contributed by atoms with Crippen LogP contribution in [0.2, 0.25) is 5.02 Å². The van der Waals surface area contributed by atoms with Crippen molar-refractivity contribution in [2.75, 3.05) is 7.11 Å². The Kier molecular flexibility index (Phi) is 4.33. The number of fused-ring (bicyclic) bond motifs is 1. The SMILES string of the molecule is COc1ccccc1-c1noc(CSc2nc3ccc(Cl)cc3[nH]2)n1. The second-order valence-corrected chi connectivity index (χ2v) is 6.60. The van der Waals surface area contributed by atoms with Crippen molar-refractivity contribution in [2.45, 2.75) is 10.9 Å². The summed E-state index contributed by atoms with van der Waals surface area (Å²) in [6.07, 6.45) is 0. The standard InChI is InChI=1S/C17H13ClN4O2S/c1-23-14-5-3-2-4-11(14)16-21-15(24-22-16)9-25-17-19-12-7-6-10(18)8-13(12)20-17/h2-8H,9H2,1H3,(H,19,20). The van der Waals surface area contributed by atoms with Crippen LogP contribution in [-0.2, 0) is 5.75 Å². The Hall–Kier alpha value is -2.51. The van der Waals surface area contributed by atoms with E-state index in [0.29, 0.717) is 28.2 Å². The number of para-hydroxylation sites is 1. The van der Waals surface area contributed by atoms with Gasteiger partial charge in [0.15, 0.2) is 5.16 Å². The molecule has 0 saturated carbocycles. The largest absolute Gasteiger partial charge is 0.496 e. The van der Waals surface area contributed by atoms with Crippen molar-refractivity contribution in [3.63, 3.8) is 0 Å². The van der Waals surface area contributed by atoms with E-state index in [2.05, 4.69) is 20.1 Å². The Bertz CT molecular complexity index is 1030. The van der Waals surface area contributed by atoms with Crippen LogP contribution in [0, 0.1) is 0 Å². The molecule has 0 aliphatic carbocycles. The summed E-state index contributed by atoms with van der Waals surface area (Å²) >= 11 is 7.47. The molecule has 0 atom stereocenters. The fraction of sp³-hybridized carbons (Fsp3) is 0.118. The number of aromatic nitrogens is 4. The molecule has 0 aliphatic rings. The fourth-order valence-corrected chi connectivity index (χ4v) is 3.30. The van der Waals surface area contributed by atoms with Crippen molar-refractivity contribution in [2.24, 2.45) is 0 Å². The second kappa shape index (κ2) is 6.78. The molecule has 0 amide bonds. The normalized spacial score (nSPS) is 11.1. The highest BCUT2D eigenvalue weighted by Crippen LogP contribution is 2.29. The summed E-state index contributed by atoms with van der Waals surface area (Å²) in [7, 11) is 1.61. The average Bonchev–Trinajstić information content (AvgIpc) is 3.26.